The van der Waals surface area contributed by atoms with E-state index in [-0.39, 0.29) is 17.0 Å². The first-order chi connectivity index (χ1) is 14.4. The number of hydrogen-bond acceptors (Lipinski definition) is 6. The van der Waals surface area contributed by atoms with Gasteiger partial charge in [-0.2, -0.15) is 5.26 Å². The highest BCUT2D eigenvalue weighted by Crippen LogP contribution is 2.36. The zero-order valence-corrected chi connectivity index (χ0v) is 19.5. The van der Waals surface area contributed by atoms with Crippen molar-refractivity contribution < 1.29 is 4.79 Å². The molecular weight excluding hydrogens is 416 g/mol. The molecule has 0 radical (unpaired) electrons. The molecule has 0 spiro atoms. The van der Waals surface area contributed by atoms with Gasteiger partial charge in [-0.3, -0.25) is 19.1 Å². The number of hydrogen-bond donors (Lipinski definition) is 0. The molecule has 2 aliphatic rings. The van der Waals surface area contributed by atoms with E-state index >= 15 is 0 Å². The highest BCUT2D eigenvalue weighted by atomic mass is 32.2. The highest BCUT2D eigenvalue weighted by molar-refractivity contribution is 8.26. The number of aromatic nitrogens is 1. The first-order valence-corrected chi connectivity index (χ1v) is 11.8. The molecular formula is C22H28N4O2S2. The average molecular weight is 445 g/mol. The Morgan fingerprint density at radius 3 is 2.50 bits per heavy atom. The maximum atomic E-state index is 13.0. The normalized spacial score (nSPS) is 18.4. The topological polar surface area (TPSA) is 69.3 Å². The Balaban J connectivity index is 2.17. The number of nitriles is 1. The number of anilines is 1. The van der Waals surface area contributed by atoms with E-state index in [0.717, 1.165) is 50.2 Å². The van der Waals surface area contributed by atoms with Crippen LogP contribution < -0.4 is 10.5 Å². The summed E-state index contributed by atoms with van der Waals surface area (Å²) in [6.07, 6.45) is 7.04. The van der Waals surface area contributed by atoms with E-state index in [2.05, 4.69) is 17.9 Å². The van der Waals surface area contributed by atoms with E-state index in [1.54, 1.807) is 16.4 Å². The Labute approximate surface area is 187 Å². The maximum Gasteiger partial charge on any atom is 0.270 e. The second-order valence-corrected chi connectivity index (χ2v) is 9.31. The van der Waals surface area contributed by atoms with Gasteiger partial charge in [0, 0.05) is 31.7 Å². The molecule has 1 aromatic rings. The molecule has 30 heavy (non-hydrogen) atoms. The minimum absolute atomic E-state index is 0.0878. The van der Waals surface area contributed by atoms with Gasteiger partial charge in [0.1, 0.15) is 21.8 Å². The van der Waals surface area contributed by atoms with Gasteiger partial charge < -0.3 is 4.90 Å². The molecule has 0 saturated carbocycles. The van der Waals surface area contributed by atoms with Gasteiger partial charge in [-0.05, 0) is 51.2 Å². The molecule has 2 aliphatic heterocycles. The summed E-state index contributed by atoms with van der Waals surface area (Å²) in [6.45, 7) is 8.62. The Kier molecular flexibility index (Phi) is 7.37. The predicted molar refractivity (Wildman–Crippen MR) is 127 cm³/mol. The van der Waals surface area contributed by atoms with E-state index in [0.29, 0.717) is 27.9 Å². The first-order valence-electron chi connectivity index (χ1n) is 10.6. The second kappa shape index (κ2) is 9.80. The highest BCUT2D eigenvalue weighted by Gasteiger charge is 2.33. The summed E-state index contributed by atoms with van der Waals surface area (Å²) >= 11 is 6.74. The monoisotopic (exact) mass is 444 g/mol. The van der Waals surface area contributed by atoms with E-state index in [9.17, 15) is 14.9 Å². The summed E-state index contributed by atoms with van der Waals surface area (Å²) in [5, 5.41) is 9.64. The van der Waals surface area contributed by atoms with E-state index in [1.165, 1.54) is 18.2 Å². The second-order valence-electron chi connectivity index (χ2n) is 7.63. The van der Waals surface area contributed by atoms with Gasteiger partial charge in [-0.15, -0.1) is 0 Å². The smallest absolute Gasteiger partial charge is 0.270 e. The summed E-state index contributed by atoms with van der Waals surface area (Å²) < 4.78 is 2.25. The number of piperidine rings is 1. The largest absolute Gasteiger partial charge is 0.357 e. The van der Waals surface area contributed by atoms with Crippen LogP contribution in [0.15, 0.2) is 9.70 Å². The van der Waals surface area contributed by atoms with Crippen LogP contribution in [0.2, 0.25) is 0 Å². The summed E-state index contributed by atoms with van der Waals surface area (Å²) in [4.78, 5) is 30.4. The van der Waals surface area contributed by atoms with Crippen LogP contribution in [0.4, 0.5) is 5.82 Å². The zero-order chi connectivity index (χ0) is 21.8. The maximum absolute atomic E-state index is 13.0. The van der Waals surface area contributed by atoms with Crippen molar-refractivity contribution in [3.8, 4) is 6.07 Å². The van der Waals surface area contributed by atoms with Gasteiger partial charge >= 0.3 is 0 Å². The standard InChI is InChI=1S/C22H28N4O2S2/c1-4-6-12-26-21(28)18(30-22(26)29)13-16-15(3)17(14-23)20(27)25(5-2)19(16)24-10-8-7-9-11-24/h13H,4-12H2,1-3H3/b18-13-. The fraction of sp³-hybridized carbons (Fsp3) is 0.545. The summed E-state index contributed by atoms with van der Waals surface area (Å²) in [6, 6.07) is 2.08. The molecule has 3 rings (SSSR count). The number of carbonyl (C=O) groups is 1. The van der Waals surface area contributed by atoms with Crippen molar-refractivity contribution in [1.29, 1.82) is 5.26 Å². The Hall–Kier alpha value is -2.11. The third-order valence-corrected chi connectivity index (χ3v) is 7.08. The van der Waals surface area contributed by atoms with E-state index in [1.807, 2.05) is 13.0 Å². The number of thioether (sulfide) groups is 1. The molecule has 3 heterocycles. The summed E-state index contributed by atoms with van der Waals surface area (Å²) in [5.74, 6) is 0.729. The lowest BCUT2D eigenvalue weighted by molar-refractivity contribution is -0.122. The van der Waals surface area contributed by atoms with Crippen molar-refractivity contribution in [2.45, 2.75) is 59.4 Å². The molecule has 2 fully saturated rings. The Morgan fingerprint density at radius 2 is 1.90 bits per heavy atom. The SMILES string of the molecule is CCCCN1C(=O)/C(=C/c2c(C)c(C#N)c(=O)n(CC)c2N2CCCCC2)SC1=S. The van der Waals surface area contributed by atoms with Crippen LogP contribution in [0.1, 0.15) is 62.6 Å². The number of unbranched alkanes of at least 4 members (excludes halogenated alkanes) is 1. The van der Waals surface area contributed by atoms with Gasteiger partial charge in [0.05, 0.1) is 4.91 Å². The molecule has 0 bridgehead atoms. The third-order valence-electron chi connectivity index (χ3n) is 5.70. The molecule has 0 aromatic carbocycles. The van der Waals surface area contributed by atoms with Gasteiger partial charge in [-0.1, -0.05) is 37.3 Å². The van der Waals surface area contributed by atoms with Gasteiger partial charge in [0.15, 0.2) is 0 Å². The molecule has 0 N–H and O–H groups in total. The summed E-state index contributed by atoms with van der Waals surface area (Å²) in [5.41, 5.74) is 1.30. The van der Waals surface area contributed by atoms with Crippen molar-refractivity contribution in [2.75, 3.05) is 24.5 Å². The van der Waals surface area contributed by atoms with Crippen molar-refractivity contribution >= 4 is 46.1 Å². The minimum Gasteiger partial charge on any atom is -0.357 e. The van der Waals surface area contributed by atoms with Crippen molar-refractivity contribution in [1.82, 2.24) is 9.47 Å². The van der Waals surface area contributed by atoms with Crippen LogP contribution in [0.3, 0.4) is 0 Å². The molecule has 0 atom stereocenters. The van der Waals surface area contributed by atoms with E-state index < -0.39 is 0 Å². The number of amides is 1. The first kappa shape index (κ1) is 22.6. The van der Waals surface area contributed by atoms with Crippen molar-refractivity contribution in [3.05, 3.63) is 31.9 Å². The van der Waals surface area contributed by atoms with Gasteiger partial charge in [0.25, 0.3) is 11.5 Å². The molecule has 1 aromatic heterocycles. The number of carbonyl (C=O) groups excluding carboxylic acids is 1. The average Bonchev–Trinajstić information content (AvgIpc) is 3.01. The zero-order valence-electron chi connectivity index (χ0n) is 17.9. The molecule has 160 valence electrons. The van der Waals surface area contributed by atoms with Crippen molar-refractivity contribution in [2.24, 2.45) is 0 Å². The van der Waals surface area contributed by atoms with Crippen LogP contribution in [0, 0.1) is 18.3 Å². The molecule has 2 saturated heterocycles. The molecule has 0 unspecified atom stereocenters. The van der Waals surface area contributed by atoms with Gasteiger partial charge in [0.2, 0.25) is 0 Å². The number of thiocarbonyl (C=S) groups is 1. The lowest BCUT2D eigenvalue weighted by atomic mass is 10.0. The molecule has 1 amide bonds. The van der Waals surface area contributed by atoms with Crippen LogP contribution in [0.25, 0.3) is 6.08 Å². The van der Waals surface area contributed by atoms with Crippen LogP contribution in [-0.4, -0.2) is 39.3 Å². The predicted octanol–water partition coefficient (Wildman–Crippen LogP) is 4.04. The fourth-order valence-corrected chi connectivity index (χ4v) is 5.31. The van der Waals surface area contributed by atoms with E-state index in [4.69, 9.17) is 12.2 Å². The Morgan fingerprint density at radius 1 is 1.20 bits per heavy atom. The van der Waals surface area contributed by atoms with Gasteiger partial charge in [-0.25, -0.2) is 0 Å². The lowest BCUT2D eigenvalue weighted by Crippen LogP contribution is -2.37. The lowest BCUT2D eigenvalue weighted by Gasteiger charge is -2.33. The third kappa shape index (κ3) is 4.19. The minimum atomic E-state index is -0.259. The van der Waals surface area contributed by atoms with Crippen LogP contribution in [-0.2, 0) is 11.3 Å². The molecule has 6 nitrogen and oxygen atoms in total. The molecule has 0 aliphatic carbocycles. The Bertz CT molecular complexity index is 984. The number of pyridine rings is 1. The van der Waals surface area contributed by atoms with Crippen LogP contribution in [0.5, 0.6) is 0 Å². The number of nitrogens with zero attached hydrogens (tertiary/aromatic N) is 4. The summed E-state index contributed by atoms with van der Waals surface area (Å²) in [7, 11) is 0. The fourth-order valence-electron chi connectivity index (χ4n) is 4.02. The number of rotatable bonds is 6. The van der Waals surface area contributed by atoms with Crippen molar-refractivity contribution in [3.63, 3.8) is 0 Å². The van der Waals surface area contributed by atoms with Crippen LogP contribution >= 0.6 is 24.0 Å². The molecule has 8 heteroatoms. The quantitative estimate of drug-likeness (QED) is 0.487.